The topological polar surface area (TPSA) is 62.7 Å². The van der Waals surface area contributed by atoms with E-state index in [1.165, 1.54) is 0 Å². The molecule has 1 aromatic carbocycles. The molecule has 1 aliphatic heterocycles. The molecule has 24 heavy (non-hydrogen) atoms. The number of carboxylic acids is 1. The van der Waals surface area contributed by atoms with Crippen molar-refractivity contribution in [3.63, 3.8) is 0 Å². The first-order valence-corrected chi connectivity index (χ1v) is 8.32. The Kier molecular flexibility index (Phi) is 5.11. The maximum absolute atomic E-state index is 11.7. The molecule has 5 nitrogen and oxygen atoms in total. The molecule has 0 amide bonds. The maximum atomic E-state index is 11.7. The van der Waals surface area contributed by atoms with E-state index in [9.17, 15) is 9.90 Å². The van der Waals surface area contributed by atoms with E-state index in [1.807, 2.05) is 49.5 Å². The molecule has 2 aromatic rings. The number of likely N-dealkylation sites (tertiary alicyclic amines) is 1. The van der Waals surface area contributed by atoms with Gasteiger partial charge in [-0.25, -0.2) is 0 Å². The van der Waals surface area contributed by atoms with Crippen molar-refractivity contribution in [1.29, 1.82) is 0 Å². The van der Waals surface area contributed by atoms with E-state index in [2.05, 4.69) is 9.88 Å². The van der Waals surface area contributed by atoms with Crippen LogP contribution < -0.4 is 4.74 Å². The van der Waals surface area contributed by atoms with Crippen LogP contribution >= 0.6 is 0 Å². The molecule has 0 spiro atoms. The minimum atomic E-state index is -0.768. The molecule has 5 heteroatoms. The second-order valence-corrected chi connectivity index (χ2v) is 5.89. The van der Waals surface area contributed by atoms with Crippen LogP contribution in [0.15, 0.2) is 48.8 Å². The Balaban J connectivity index is 2.08. The lowest BCUT2D eigenvalue weighted by Gasteiger charge is -2.32. The highest BCUT2D eigenvalue weighted by molar-refractivity contribution is 5.74. The number of hydrogen-bond acceptors (Lipinski definition) is 4. The standard InChI is InChI=1S/C19H22N2O3/c1-2-24-17-10-4-3-8-15(17)18(14-7-5-11-20-13-14)21-12-6-9-16(21)19(22)23/h3-5,7-8,10-11,13,16,18H,2,6,9,12H2,1H3,(H,22,23). The van der Waals surface area contributed by atoms with Gasteiger partial charge in [0.1, 0.15) is 11.8 Å². The Morgan fingerprint density at radius 3 is 2.92 bits per heavy atom. The molecule has 2 unspecified atom stereocenters. The van der Waals surface area contributed by atoms with E-state index >= 15 is 0 Å². The minimum Gasteiger partial charge on any atom is -0.494 e. The van der Waals surface area contributed by atoms with Gasteiger partial charge < -0.3 is 9.84 Å². The van der Waals surface area contributed by atoms with Crippen LogP contribution in [0.3, 0.4) is 0 Å². The molecule has 3 rings (SSSR count). The lowest BCUT2D eigenvalue weighted by atomic mass is 9.96. The number of ether oxygens (including phenoxy) is 1. The van der Waals surface area contributed by atoms with Gasteiger partial charge in [-0.1, -0.05) is 24.3 Å². The summed E-state index contributed by atoms with van der Waals surface area (Å²) in [4.78, 5) is 18.0. The van der Waals surface area contributed by atoms with Crippen LogP contribution in [0.4, 0.5) is 0 Å². The zero-order valence-electron chi connectivity index (χ0n) is 13.8. The van der Waals surface area contributed by atoms with Crippen molar-refractivity contribution in [3.8, 4) is 5.75 Å². The van der Waals surface area contributed by atoms with Crippen molar-refractivity contribution < 1.29 is 14.6 Å². The predicted octanol–water partition coefficient (Wildman–Crippen LogP) is 3.12. The minimum absolute atomic E-state index is 0.176. The Morgan fingerprint density at radius 1 is 1.38 bits per heavy atom. The summed E-state index contributed by atoms with van der Waals surface area (Å²) in [5.41, 5.74) is 1.97. The summed E-state index contributed by atoms with van der Waals surface area (Å²) in [6.07, 6.45) is 5.09. The Labute approximate surface area is 141 Å². The number of rotatable bonds is 6. The van der Waals surface area contributed by atoms with E-state index in [0.717, 1.165) is 29.8 Å². The number of pyridine rings is 1. The fraction of sp³-hybridized carbons (Fsp3) is 0.368. The van der Waals surface area contributed by atoms with Gasteiger partial charge in [0.15, 0.2) is 0 Å². The fourth-order valence-corrected chi connectivity index (χ4v) is 3.44. The largest absolute Gasteiger partial charge is 0.494 e. The molecule has 0 saturated carbocycles. The molecule has 1 fully saturated rings. The summed E-state index contributed by atoms with van der Waals surface area (Å²) < 4.78 is 5.80. The predicted molar refractivity (Wildman–Crippen MR) is 91.1 cm³/mol. The van der Waals surface area contributed by atoms with Crippen LogP contribution in [0.1, 0.15) is 36.9 Å². The van der Waals surface area contributed by atoms with Crippen molar-refractivity contribution >= 4 is 5.97 Å². The van der Waals surface area contributed by atoms with Gasteiger partial charge in [0, 0.05) is 24.5 Å². The summed E-state index contributed by atoms with van der Waals surface area (Å²) in [5, 5.41) is 9.61. The summed E-state index contributed by atoms with van der Waals surface area (Å²) >= 11 is 0. The van der Waals surface area contributed by atoms with Crippen LogP contribution in [0.5, 0.6) is 5.75 Å². The zero-order chi connectivity index (χ0) is 16.9. The van der Waals surface area contributed by atoms with Crippen molar-refractivity contribution in [3.05, 3.63) is 59.9 Å². The molecule has 0 radical (unpaired) electrons. The number of hydrogen-bond donors (Lipinski definition) is 1. The van der Waals surface area contributed by atoms with Crippen molar-refractivity contribution in [1.82, 2.24) is 9.88 Å². The van der Waals surface area contributed by atoms with E-state index < -0.39 is 12.0 Å². The lowest BCUT2D eigenvalue weighted by molar-refractivity contribution is -0.142. The second-order valence-electron chi connectivity index (χ2n) is 5.89. The highest BCUT2D eigenvalue weighted by atomic mass is 16.5. The van der Waals surface area contributed by atoms with E-state index in [-0.39, 0.29) is 6.04 Å². The molecule has 1 saturated heterocycles. The average molecular weight is 326 g/mol. The van der Waals surface area contributed by atoms with Gasteiger partial charge in [0.05, 0.1) is 12.6 Å². The molecule has 1 aromatic heterocycles. The van der Waals surface area contributed by atoms with Gasteiger partial charge in [-0.3, -0.25) is 14.7 Å². The zero-order valence-corrected chi connectivity index (χ0v) is 13.8. The Morgan fingerprint density at radius 2 is 2.21 bits per heavy atom. The quantitative estimate of drug-likeness (QED) is 0.884. The third kappa shape index (κ3) is 3.26. The number of para-hydroxylation sites is 1. The number of aliphatic carboxylic acids is 1. The second kappa shape index (κ2) is 7.45. The molecule has 1 aliphatic rings. The van der Waals surface area contributed by atoms with Crippen molar-refractivity contribution in [2.24, 2.45) is 0 Å². The summed E-state index contributed by atoms with van der Waals surface area (Å²) in [7, 11) is 0. The van der Waals surface area contributed by atoms with Crippen molar-refractivity contribution in [2.45, 2.75) is 31.8 Å². The average Bonchev–Trinajstić information content (AvgIpc) is 3.07. The first kappa shape index (κ1) is 16.5. The monoisotopic (exact) mass is 326 g/mol. The molecular formula is C19H22N2O3. The molecular weight excluding hydrogens is 304 g/mol. The van der Waals surface area contributed by atoms with Gasteiger partial charge in [-0.2, -0.15) is 0 Å². The summed E-state index contributed by atoms with van der Waals surface area (Å²) in [6.45, 7) is 3.27. The van der Waals surface area contributed by atoms with Gasteiger partial charge in [-0.15, -0.1) is 0 Å². The first-order valence-electron chi connectivity index (χ1n) is 8.32. The number of nitrogens with zero attached hydrogens (tertiary/aromatic N) is 2. The number of carboxylic acid groups (broad SMARTS) is 1. The fourth-order valence-electron chi connectivity index (χ4n) is 3.44. The molecule has 0 aliphatic carbocycles. The molecule has 2 atom stereocenters. The van der Waals surface area contributed by atoms with Gasteiger partial charge >= 0.3 is 5.97 Å². The summed E-state index contributed by atoms with van der Waals surface area (Å²) in [5.74, 6) is 0.0279. The number of carbonyl (C=O) groups is 1. The van der Waals surface area contributed by atoms with Crippen LogP contribution in [-0.2, 0) is 4.79 Å². The first-order chi connectivity index (χ1) is 11.7. The van der Waals surface area contributed by atoms with Crippen LogP contribution in [0.2, 0.25) is 0 Å². The van der Waals surface area contributed by atoms with Crippen molar-refractivity contribution in [2.75, 3.05) is 13.2 Å². The van der Waals surface area contributed by atoms with Crippen LogP contribution in [0, 0.1) is 0 Å². The number of aromatic nitrogens is 1. The van der Waals surface area contributed by atoms with E-state index in [1.54, 1.807) is 6.20 Å². The van der Waals surface area contributed by atoms with Crippen LogP contribution in [0.25, 0.3) is 0 Å². The van der Waals surface area contributed by atoms with Gasteiger partial charge in [0.25, 0.3) is 0 Å². The van der Waals surface area contributed by atoms with Gasteiger partial charge in [0.2, 0.25) is 0 Å². The van der Waals surface area contributed by atoms with E-state index in [4.69, 9.17) is 4.74 Å². The molecule has 1 N–H and O–H groups in total. The molecule has 2 heterocycles. The lowest BCUT2D eigenvalue weighted by Crippen LogP contribution is -2.39. The number of benzene rings is 1. The van der Waals surface area contributed by atoms with Gasteiger partial charge in [-0.05, 0) is 37.5 Å². The Bertz CT molecular complexity index is 690. The SMILES string of the molecule is CCOc1ccccc1C(c1cccnc1)N1CCCC1C(=O)O. The highest BCUT2D eigenvalue weighted by Gasteiger charge is 2.37. The Hall–Kier alpha value is -2.40. The third-order valence-electron chi connectivity index (χ3n) is 4.42. The smallest absolute Gasteiger partial charge is 0.320 e. The maximum Gasteiger partial charge on any atom is 0.320 e. The molecule has 0 bridgehead atoms. The highest BCUT2D eigenvalue weighted by Crippen LogP contribution is 2.38. The third-order valence-corrected chi connectivity index (χ3v) is 4.42. The normalized spacial score (nSPS) is 19.1. The van der Waals surface area contributed by atoms with E-state index in [0.29, 0.717) is 13.0 Å². The molecule has 126 valence electrons. The summed E-state index contributed by atoms with van der Waals surface area (Å²) in [6, 6.07) is 11.1. The van der Waals surface area contributed by atoms with Crippen LogP contribution in [-0.4, -0.2) is 40.2 Å².